The van der Waals surface area contributed by atoms with Crippen LogP contribution in [-0.2, 0) is 16.0 Å². The predicted molar refractivity (Wildman–Crippen MR) is 160 cm³/mol. The number of carboxylic acids is 1. The molecule has 0 aliphatic carbocycles. The van der Waals surface area contributed by atoms with Crippen LogP contribution in [0.25, 0.3) is 0 Å². The molecule has 0 spiro atoms. The molecule has 258 valence electrons. The van der Waals surface area contributed by atoms with Gasteiger partial charge in [0.25, 0.3) is 5.91 Å². The van der Waals surface area contributed by atoms with E-state index in [0.717, 1.165) is 36.1 Å². The van der Waals surface area contributed by atoms with Crippen LogP contribution in [-0.4, -0.2) is 42.7 Å². The second kappa shape index (κ2) is 19.6. The highest BCUT2D eigenvalue weighted by Gasteiger charge is 2.32. The first-order valence-corrected chi connectivity index (χ1v) is 14.3. The summed E-state index contributed by atoms with van der Waals surface area (Å²) in [5.74, 6) is -3.12. The first-order chi connectivity index (χ1) is 22.1. The number of carboxylic acid groups (broad SMARTS) is 1. The Morgan fingerprint density at radius 2 is 1.43 bits per heavy atom. The Hall–Kier alpha value is -4.82. The number of rotatable bonds is 13. The lowest BCUT2D eigenvalue weighted by atomic mass is 9.88. The summed E-state index contributed by atoms with van der Waals surface area (Å²) in [6, 6.07) is 15.3. The summed E-state index contributed by atoms with van der Waals surface area (Å²) in [6.07, 6.45) is -7.06. The number of hydrogen-bond donors (Lipinski definition) is 3. The largest absolute Gasteiger partial charge is 0.573 e. The second-order valence-corrected chi connectivity index (χ2v) is 9.35. The van der Waals surface area contributed by atoms with Crippen molar-refractivity contribution >= 4 is 24.0 Å². The molecule has 3 N–H and O–H groups in total. The summed E-state index contributed by atoms with van der Waals surface area (Å²) in [6.45, 7) is 6.11. The zero-order valence-corrected chi connectivity index (χ0v) is 25.7. The number of carbonyl (C=O) groups is 3. The standard InChI is InChI=1S/C22H24F3NO4.C8H5F4NO2.C2H6/c1-2-3-18(14-15-4-10-19(11-5-15)30-22(23,24)25)16-6-8-17(9-7-16)21(29)26-13-12-20(27)28;9-6-3-5(15-8(10,11)12)1-2-7(6)13-4-14;1-2/h4-11,18H,2-3,12-14H2,1H3,(H,26,29)(H,27,28);1-4H,(H,13,14);1-2H3/t18-;;/m1../s1. The van der Waals surface area contributed by atoms with Gasteiger partial charge in [-0.1, -0.05) is 51.5 Å². The third-order valence-corrected chi connectivity index (χ3v) is 5.93. The minimum absolute atomic E-state index is 0.0580. The normalized spacial score (nSPS) is 11.4. The van der Waals surface area contributed by atoms with Crippen molar-refractivity contribution in [1.82, 2.24) is 5.32 Å². The van der Waals surface area contributed by atoms with Crippen molar-refractivity contribution in [2.45, 2.75) is 65.1 Å². The number of amides is 2. The molecule has 0 unspecified atom stereocenters. The van der Waals surface area contributed by atoms with Crippen LogP contribution in [0.15, 0.2) is 66.7 Å². The van der Waals surface area contributed by atoms with Crippen LogP contribution in [0.5, 0.6) is 11.5 Å². The Balaban J connectivity index is 0.000000544. The van der Waals surface area contributed by atoms with Crippen LogP contribution in [0.2, 0.25) is 0 Å². The summed E-state index contributed by atoms with van der Waals surface area (Å²) in [5.41, 5.74) is 2.13. The van der Waals surface area contributed by atoms with Crippen molar-refractivity contribution in [1.29, 1.82) is 0 Å². The van der Waals surface area contributed by atoms with Gasteiger partial charge in [-0.3, -0.25) is 14.4 Å². The molecule has 0 aliphatic heterocycles. The van der Waals surface area contributed by atoms with Gasteiger partial charge in [-0.15, -0.1) is 26.3 Å². The highest BCUT2D eigenvalue weighted by Crippen LogP contribution is 2.29. The Morgan fingerprint density at radius 3 is 1.91 bits per heavy atom. The molecule has 0 saturated heterocycles. The number of aliphatic carboxylic acids is 1. The number of ether oxygens (including phenoxy) is 2. The lowest BCUT2D eigenvalue weighted by Crippen LogP contribution is -2.25. The predicted octanol–water partition coefficient (Wildman–Crippen LogP) is 8.23. The maximum absolute atomic E-state index is 12.9. The first-order valence-electron chi connectivity index (χ1n) is 14.3. The first kappa shape index (κ1) is 40.2. The highest BCUT2D eigenvalue weighted by molar-refractivity contribution is 5.94. The lowest BCUT2D eigenvalue weighted by molar-refractivity contribution is -0.275. The van der Waals surface area contributed by atoms with Crippen LogP contribution < -0.4 is 20.1 Å². The smallest absolute Gasteiger partial charge is 0.481 e. The number of alkyl halides is 6. The third kappa shape index (κ3) is 16.3. The maximum Gasteiger partial charge on any atom is 0.573 e. The average molecular weight is 677 g/mol. The van der Waals surface area contributed by atoms with Gasteiger partial charge in [-0.2, -0.15) is 0 Å². The lowest BCUT2D eigenvalue weighted by Gasteiger charge is -2.18. The van der Waals surface area contributed by atoms with Gasteiger partial charge in [0.2, 0.25) is 6.41 Å². The van der Waals surface area contributed by atoms with E-state index in [-0.39, 0.29) is 42.6 Å². The molecule has 15 heteroatoms. The van der Waals surface area contributed by atoms with E-state index in [1.54, 1.807) is 24.3 Å². The van der Waals surface area contributed by atoms with Crippen molar-refractivity contribution in [3.8, 4) is 11.5 Å². The quantitative estimate of drug-likeness (QED) is 0.124. The van der Waals surface area contributed by atoms with Gasteiger partial charge in [0.05, 0.1) is 12.1 Å². The molecule has 3 aromatic carbocycles. The van der Waals surface area contributed by atoms with E-state index < -0.39 is 30.3 Å². The zero-order valence-electron chi connectivity index (χ0n) is 25.7. The van der Waals surface area contributed by atoms with Gasteiger partial charge >= 0.3 is 18.7 Å². The van der Waals surface area contributed by atoms with Crippen LogP contribution in [0, 0.1) is 5.82 Å². The fourth-order valence-corrected chi connectivity index (χ4v) is 4.01. The fourth-order valence-electron chi connectivity index (χ4n) is 4.01. The van der Waals surface area contributed by atoms with Crippen LogP contribution in [0.1, 0.15) is 67.4 Å². The number of nitrogens with one attached hydrogen (secondary N) is 2. The van der Waals surface area contributed by atoms with Crippen molar-refractivity contribution < 1.29 is 59.7 Å². The third-order valence-electron chi connectivity index (χ3n) is 5.93. The molecule has 3 aromatic rings. The van der Waals surface area contributed by atoms with E-state index >= 15 is 0 Å². The molecule has 0 aromatic heterocycles. The molecule has 0 radical (unpaired) electrons. The molecule has 1 atom stereocenters. The number of halogens is 7. The van der Waals surface area contributed by atoms with Crippen LogP contribution in [0.3, 0.4) is 0 Å². The van der Waals surface area contributed by atoms with E-state index in [1.807, 2.05) is 31.3 Å². The topological polar surface area (TPSA) is 114 Å². The van der Waals surface area contributed by atoms with E-state index in [4.69, 9.17) is 5.11 Å². The van der Waals surface area contributed by atoms with Gasteiger partial charge in [-0.05, 0) is 66.3 Å². The molecular formula is C32H35F7N2O6. The average Bonchev–Trinajstić information content (AvgIpc) is 2.99. The van der Waals surface area contributed by atoms with Crippen molar-refractivity contribution in [3.05, 3.63) is 89.2 Å². The van der Waals surface area contributed by atoms with Crippen LogP contribution >= 0.6 is 0 Å². The molecule has 3 rings (SSSR count). The monoisotopic (exact) mass is 676 g/mol. The van der Waals surface area contributed by atoms with E-state index in [0.29, 0.717) is 18.1 Å². The minimum Gasteiger partial charge on any atom is -0.481 e. The highest BCUT2D eigenvalue weighted by atomic mass is 19.4. The zero-order chi connectivity index (χ0) is 35.6. The molecule has 8 nitrogen and oxygen atoms in total. The van der Waals surface area contributed by atoms with E-state index in [9.17, 15) is 45.1 Å². The van der Waals surface area contributed by atoms with E-state index in [2.05, 4.69) is 21.7 Å². The molecular weight excluding hydrogens is 641 g/mol. The maximum atomic E-state index is 12.9. The summed E-state index contributed by atoms with van der Waals surface area (Å²) < 4.78 is 92.3. The molecule has 0 aliphatic rings. The van der Waals surface area contributed by atoms with Crippen molar-refractivity contribution in [2.75, 3.05) is 11.9 Å². The molecule has 0 heterocycles. The number of benzene rings is 3. The van der Waals surface area contributed by atoms with E-state index in [1.165, 1.54) is 12.1 Å². The van der Waals surface area contributed by atoms with Gasteiger partial charge in [0, 0.05) is 18.2 Å². The van der Waals surface area contributed by atoms with Gasteiger partial charge in [0.15, 0.2) is 0 Å². The Bertz CT molecular complexity index is 1400. The molecule has 0 saturated carbocycles. The molecule has 2 amide bonds. The Kier molecular flexibility index (Phi) is 16.8. The van der Waals surface area contributed by atoms with Crippen molar-refractivity contribution in [3.63, 3.8) is 0 Å². The number of hydrogen-bond acceptors (Lipinski definition) is 5. The molecule has 0 fully saturated rings. The summed E-state index contributed by atoms with van der Waals surface area (Å²) in [7, 11) is 0. The minimum atomic E-state index is -4.87. The van der Waals surface area contributed by atoms with Gasteiger partial charge in [0.1, 0.15) is 17.3 Å². The number of anilines is 1. The molecule has 0 bridgehead atoms. The molecule has 47 heavy (non-hydrogen) atoms. The summed E-state index contributed by atoms with van der Waals surface area (Å²) in [5, 5.41) is 13.1. The van der Waals surface area contributed by atoms with Crippen molar-refractivity contribution in [2.24, 2.45) is 0 Å². The summed E-state index contributed by atoms with van der Waals surface area (Å²) in [4.78, 5) is 32.5. The van der Waals surface area contributed by atoms with Gasteiger partial charge in [-0.25, -0.2) is 4.39 Å². The number of carbonyl (C=O) groups excluding carboxylic acids is 2. The fraction of sp³-hybridized carbons (Fsp3) is 0.344. The van der Waals surface area contributed by atoms with Crippen LogP contribution in [0.4, 0.5) is 36.4 Å². The second-order valence-electron chi connectivity index (χ2n) is 9.35. The summed E-state index contributed by atoms with van der Waals surface area (Å²) >= 11 is 0. The Morgan fingerprint density at radius 1 is 0.872 bits per heavy atom. The Labute approximate surface area is 266 Å². The SMILES string of the molecule is CC.CCC[C@H](Cc1ccc(OC(F)(F)F)cc1)c1ccc(C(=O)NCCC(=O)O)cc1.O=CNc1ccc(OC(F)(F)F)cc1F. The van der Waals surface area contributed by atoms with Gasteiger partial charge < -0.3 is 25.2 Å².